The average molecular weight is 274 g/mol. The van der Waals surface area contributed by atoms with E-state index in [0.29, 0.717) is 17.8 Å². The average Bonchev–Trinajstić information content (AvgIpc) is 2.68. The molecule has 5 nitrogen and oxygen atoms in total. The summed E-state index contributed by atoms with van der Waals surface area (Å²) in [4.78, 5) is 22.5. The van der Waals surface area contributed by atoms with Gasteiger partial charge in [-0.2, -0.15) is 5.26 Å². The highest BCUT2D eigenvalue weighted by Gasteiger charge is 2.16. The highest BCUT2D eigenvalue weighted by atomic mass is 32.1. The fraction of sp³-hybridized carbons (Fsp3) is 0.154. The molecule has 0 radical (unpaired) electrons. The smallest absolute Gasteiger partial charge is 0.347 e. The monoisotopic (exact) mass is 274 g/mol. The van der Waals surface area contributed by atoms with Crippen molar-refractivity contribution in [1.82, 2.24) is 4.57 Å². The molecule has 0 saturated carbocycles. The number of aromatic carboxylic acids is 1. The van der Waals surface area contributed by atoms with Crippen LogP contribution < -0.4 is 4.87 Å². The summed E-state index contributed by atoms with van der Waals surface area (Å²) >= 11 is 0.732. The summed E-state index contributed by atoms with van der Waals surface area (Å²) in [6, 6.07) is 8.85. The molecule has 2 rings (SSSR count). The molecule has 0 aliphatic carbocycles. The minimum atomic E-state index is -1.09. The van der Waals surface area contributed by atoms with Crippen molar-refractivity contribution in [2.24, 2.45) is 0 Å². The first-order valence-electron chi connectivity index (χ1n) is 5.45. The van der Waals surface area contributed by atoms with E-state index < -0.39 is 5.97 Å². The van der Waals surface area contributed by atoms with E-state index in [-0.39, 0.29) is 9.75 Å². The number of rotatable bonds is 3. The summed E-state index contributed by atoms with van der Waals surface area (Å²) in [5.41, 5.74) is 1.84. The molecule has 6 heteroatoms. The van der Waals surface area contributed by atoms with Gasteiger partial charge in [0.1, 0.15) is 4.88 Å². The zero-order chi connectivity index (χ0) is 14.0. The maximum absolute atomic E-state index is 11.8. The third-order valence-electron chi connectivity index (χ3n) is 2.76. The van der Waals surface area contributed by atoms with Crippen LogP contribution in [0.15, 0.2) is 29.1 Å². The van der Waals surface area contributed by atoms with Gasteiger partial charge in [0.2, 0.25) is 0 Å². The van der Waals surface area contributed by atoms with Gasteiger partial charge < -0.3 is 5.11 Å². The summed E-state index contributed by atoms with van der Waals surface area (Å²) in [5.74, 6) is -1.09. The van der Waals surface area contributed by atoms with Crippen molar-refractivity contribution < 1.29 is 9.90 Å². The van der Waals surface area contributed by atoms with Crippen LogP contribution in [0.4, 0.5) is 0 Å². The Bertz CT molecular complexity index is 720. The number of carboxylic acid groups (broad SMARTS) is 1. The van der Waals surface area contributed by atoms with Gasteiger partial charge in [-0.15, -0.1) is 0 Å². The number of benzene rings is 1. The van der Waals surface area contributed by atoms with Crippen LogP contribution in [0.5, 0.6) is 0 Å². The van der Waals surface area contributed by atoms with Crippen LogP contribution in [0, 0.1) is 18.3 Å². The lowest BCUT2D eigenvalue weighted by Gasteiger charge is -2.05. The maximum Gasteiger partial charge on any atom is 0.347 e. The van der Waals surface area contributed by atoms with E-state index in [2.05, 4.69) is 0 Å². The number of aromatic nitrogens is 1. The van der Waals surface area contributed by atoms with Gasteiger partial charge in [0.25, 0.3) is 0 Å². The number of nitrogens with zero attached hydrogens (tertiary/aromatic N) is 2. The Morgan fingerprint density at radius 1 is 1.42 bits per heavy atom. The zero-order valence-electron chi connectivity index (χ0n) is 10.1. The molecule has 0 saturated heterocycles. The lowest BCUT2D eigenvalue weighted by Crippen LogP contribution is -2.15. The van der Waals surface area contributed by atoms with Crippen molar-refractivity contribution in [2.75, 3.05) is 0 Å². The second-order valence-electron chi connectivity index (χ2n) is 3.98. The second-order valence-corrected chi connectivity index (χ2v) is 4.94. The van der Waals surface area contributed by atoms with E-state index in [1.807, 2.05) is 6.07 Å². The SMILES string of the molecule is Cc1c(C(=O)O)sc(=O)n1Cc1ccc(C#N)cc1. The number of nitriles is 1. The quantitative estimate of drug-likeness (QED) is 0.925. The first-order chi connectivity index (χ1) is 9.02. The van der Waals surface area contributed by atoms with Gasteiger partial charge >= 0.3 is 10.8 Å². The van der Waals surface area contributed by atoms with Crippen LogP contribution in [0.2, 0.25) is 0 Å². The Balaban J connectivity index is 2.36. The van der Waals surface area contributed by atoms with Gasteiger partial charge in [-0.25, -0.2) is 4.79 Å². The molecule has 19 heavy (non-hydrogen) atoms. The van der Waals surface area contributed by atoms with Gasteiger partial charge in [0, 0.05) is 5.69 Å². The van der Waals surface area contributed by atoms with Gasteiger partial charge in [-0.3, -0.25) is 9.36 Å². The molecule has 1 heterocycles. The molecule has 1 aromatic carbocycles. The number of hydrogen-bond acceptors (Lipinski definition) is 4. The molecule has 1 aromatic heterocycles. The van der Waals surface area contributed by atoms with Crippen molar-refractivity contribution >= 4 is 17.3 Å². The highest BCUT2D eigenvalue weighted by molar-refractivity contribution is 7.11. The summed E-state index contributed by atoms with van der Waals surface area (Å²) in [6.07, 6.45) is 0. The predicted molar refractivity (Wildman–Crippen MR) is 70.5 cm³/mol. The van der Waals surface area contributed by atoms with Crippen LogP contribution >= 0.6 is 11.3 Å². The van der Waals surface area contributed by atoms with Crippen molar-refractivity contribution in [3.05, 3.63) is 55.6 Å². The van der Waals surface area contributed by atoms with Crippen LogP contribution in [0.3, 0.4) is 0 Å². The third-order valence-corrected chi connectivity index (χ3v) is 3.83. The van der Waals surface area contributed by atoms with E-state index in [4.69, 9.17) is 10.4 Å². The molecule has 0 fully saturated rings. The van der Waals surface area contributed by atoms with Gasteiger partial charge in [0.15, 0.2) is 0 Å². The minimum absolute atomic E-state index is 0.0682. The van der Waals surface area contributed by atoms with Gasteiger partial charge in [-0.1, -0.05) is 23.5 Å². The number of carboxylic acids is 1. The Morgan fingerprint density at radius 2 is 2.05 bits per heavy atom. The summed E-state index contributed by atoms with van der Waals surface area (Å²) in [7, 11) is 0. The van der Waals surface area contributed by atoms with Gasteiger partial charge in [0.05, 0.1) is 18.2 Å². The van der Waals surface area contributed by atoms with E-state index >= 15 is 0 Å². The summed E-state index contributed by atoms with van der Waals surface area (Å²) < 4.78 is 1.43. The Morgan fingerprint density at radius 3 is 2.53 bits per heavy atom. The summed E-state index contributed by atoms with van der Waals surface area (Å²) in [6.45, 7) is 1.92. The zero-order valence-corrected chi connectivity index (χ0v) is 10.9. The number of hydrogen-bond donors (Lipinski definition) is 1. The highest BCUT2D eigenvalue weighted by Crippen LogP contribution is 2.13. The van der Waals surface area contributed by atoms with E-state index in [1.165, 1.54) is 4.57 Å². The Hall–Kier alpha value is -2.39. The molecule has 96 valence electrons. The van der Waals surface area contributed by atoms with Crippen molar-refractivity contribution in [3.63, 3.8) is 0 Å². The first-order valence-corrected chi connectivity index (χ1v) is 6.27. The molecule has 1 N–H and O–H groups in total. The standard InChI is InChI=1S/C13H10N2O3S/c1-8-11(12(16)17)19-13(18)15(8)7-10-4-2-9(6-14)3-5-10/h2-5H,7H2,1H3,(H,16,17). The fourth-order valence-electron chi connectivity index (χ4n) is 1.72. The number of carbonyl (C=O) groups is 1. The van der Waals surface area contributed by atoms with Crippen molar-refractivity contribution in [3.8, 4) is 6.07 Å². The lowest BCUT2D eigenvalue weighted by molar-refractivity contribution is 0.0700. The molecule has 0 spiro atoms. The normalized spacial score (nSPS) is 10.1. The summed E-state index contributed by atoms with van der Waals surface area (Å²) in [5, 5.41) is 17.7. The fourth-order valence-corrected chi connectivity index (χ4v) is 2.56. The van der Waals surface area contributed by atoms with Crippen molar-refractivity contribution in [1.29, 1.82) is 5.26 Å². The maximum atomic E-state index is 11.8. The van der Waals surface area contributed by atoms with E-state index in [9.17, 15) is 9.59 Å². The third kappa shape index (κ3) is 2.56. The molecule has 0 bridgehead atoms. The molecular weight excluding hydrogens is 264 g/mol. The van der Waals surface area contributed by atoms with Crippen LogP contribution in [0.25, 0.3) is 0 Å². The second kappa shape index (κ2) is 5.08. The molecule has 0 aliphatic heterocycles. The molecule has 0 aliphatic rings. The molecular formula is C13H10N2O3S. The van der Waals surface area contributed by atoms with E-state index in [0.717, 1.165) is 16.9 Å². The Kier molecular flexibility index (Phi) is 3.49. The van der Waals surface area contributed by atoms with Crippen LogP contribution in [-0.4, -0.2) is 15.6 Å². The lowest BCUT2D eigenvalue weighted by atomic mass is 10.1. The van der Waals surface area contributed by atoms with Crippen molar-refractivity contribution in [2.45, 2.75) is 13.5 Å². The molecule has 0 amide bonds. The minimum Gasteiger partial charge on any atom is -0.477 e. The van der Waals surface area contributed by atoms with Crippen LogP contribution in [-0.2, 0) is 6.54 Å². The molecule has 2 aromatic rings. The first kappa shape index (κ1) is 13.1. The predicted octanol–water partition coefficient (Wildman–Crippen LogP) is 1.84. The molecule has 0 atom stereocenters. The largest absolute Gasteiger partial charge is 0.477 e. The van der Waals surface area contributed by atoms with Gasteiger partial charge in [-0.05, 0) is 24.6 Å². The van der Waals surface area contributed by atoms with Crippen LogP contribution in [0.1, 0.15) is 26.5 Å². The topological polar surface area (TPSA) is 83.1 Å². The number of thiazole rings is 1. The molecule has 0 unspecified atom stereocenters. The Labute approximate surface area is 113 Å². The van der Waals surface area contributed by atoms with E-state index in [1.54, 1.807) is 31.2 Å².